The highest BCUT2D eigenvalue weighted by Crippen LogP contribution is 2.37. The minimum atomic E-state index is -0.0892. The van der Waals surface area contributed by atoms with Crippen LogP contribution in [0, 0.1) is 11.8 Å². The lowest BCUT2D eigenvalue weighted by Crippen LogP contribution is -2.45. The third-order valence-corrected chi connectivity index (χ3v) is 6.12. The van der Waals surface area contributed by atoms with Crippen LogP contribution in [0.3, 0.4) is 0 Å². The first-order chi connectivity index (χ1) is 15.5. The maximum absolute atomic E-state index is 13.3. The van der Waals surface area contributed by atoms with E-state index in [2.05, 4.69) is 55.4 Å². The second kappa shape index (κ2) is 9.57. The molecule has 2 aliphatic rings. The highest BCUT2D eigenvalue weighted by molar-refractivity contribution is 6.07. The smallest absolute Gasteiger partial charge is 0.247 e. The molecule has 1 heterocycles. The average Bonchev–Trinajstić information content (AvgIpc) is 2.81. The predicted molar refractivity (Wildman–Crippen MR) is 126 cm³/mol. The molecule has 1 aliphatic heterocycles. The third kappa shape index (κ3) is 4.55. The molecule has 4 rings (SSSR count). The van der Waals surface area contributed by atoms with Crippen LogP contribution in [0.1, 0.15) is 29.5 Å². The molecular weight excluding hydrogens is 402 g/mol. The summed E-state index contributed by atoms with van der Waals surface area (Å²) in [5.41, 5.74) is 4.22. The topological polar surface area (TPSA) is 54.4 Å². The number of methoxy groups -OCH3 is 2. The van der Waals surface area contributed by atoms with Crippen molar-refractivity contribution in [2.75, 3.05) is 28.3 Å². The number of hydrazone groups is 1. The van der Waals surface area contributed by atoms with Crippen molar-refractivity contribution in [3.05, 3.63) is 71.3 Å². The van der Waals surface area contributed by atoms with Gasteiger partial charge < -0.3 is 14.4 Å². The van der Waals surface area contributed by atoms with E-state index < -0.39 is 0 Å². The van der Waals surface area contributed by atoms with Crippen LogP contribution in [-0.2, 0) is 17.9 Å². The molecule has 0 aromatic heterocycles. The van der Waals surface area contributed by atoms with Gasteiger partial charge in [0.2, 0.25) is 5.91 Å². The van der Waals surface area contributed by atoms with Gasteiger partial charge in [0.05, 0.1) is 32.4 Å². The second-order valence-electron chi connectivity index (χ2n) is 8.66. The highest BCUT2D eigenvalue weighted by atomic mass is 16.5. The van der Waals surface area contributed by atoms with E-state index in [-0.39, 0.29) is 17.7 Å². The van der Waals surface area contributed by atoms with Crippen molar-refractivity contribution >= 4 is 11.6 Å². The zero-order chi connectivity index (χ0) is 22.7. The van der Waals surface area contributed by atoms with Gasteiger partial charge in [0.25, 0.3) is 0 Å². The summed E-state index contributed by atoms with van der Waals surface area (Å²) in [6, 6.07) is 14.3. The summed E-state index contributed by atoms with van der Waals surface area (Å²) in [6.45, 7) is 1.35. The SMILES string of the molecule is COc1ccc(C2=NN(Cc3ccc(CN(C)C)cc3)C(=O)[C@H]3CC=CC[C@@H]23)cc1OC. The van der Waals surface area contributed by atoms with Crippen molar-refractivity contribution in [1.82, 2.24) is 9.91 Å². The van der Waals surface area contributed by atoms with Crippen molar-refractivity contribution in [3.63, 3.8) is 0 Å². The molecule has 0 radical (unpaired) electrons. The molecule has 0 spiro atoms. The summed E-state index contributed by atoms with van der Waals surface area (Å²) in [5.74, 6) is 1.42. The average molecular weight is 434 g/mol. The zero-order valence-electron chi connectivity index (χ0n) is 19.2. The van der Waals surface area contributed by atoms with Gasteiger partial charge in [-0.2, -0.15) is 5.10 Å². The maximum atomic E-state index is 13.3. The highest BCUT2D eigenvalue weighted by Gasteiger charge is 2.40. The van der Waals surface area contributed by atoms with E-state index in [0.29, 0.717) is 18.0 Å². The Morgan fingerprint density at radius 1 is 0.938 bits per heavy atom. The molecule has 6 heteroatoms. The fraction of sp³-hybridized carbons (Fsp3) is 0.385. The molecule has 168 valence electrons. The number of fused-ring (bicyclic) bond motifs is 1. The fourth-order valence-corrected chi connectivity index (χ4v) is 4.50. The quantitative estimate of drug-likeness (QED) is 0.617. The van der Waals surface area contributed by atoms with E-state index in [1.54, 1.807) is 19.2 Å². The van der Waals surface area contributed by atoms with Crippen LogP contribution >= 0.6 is 0 Å². The maximum Gasteiger partial charge on any atom is 0.247 e. The summed E-state index contributed by atoms with van der Waals surface area (Å²) < 4.78 is 10.9. The Kier molecular flexibility index (Phi) is 6.61. The monoisotopic (exact) mass is 433 g/mol. The van der Waals surface area contributed by atoms with Crippen molar-refractivity contribution in [1.29, 1.82) is 0 Å². The van der Waals surface area contributed by atoms with Crippen LogP contribution in [0.15, 0.2) is 59.7 Å². The summed E-state index contributed by atoms with van der Waals surface area (Å²) in [6.07, 6.45) is 5.83. The molecule has 0 bridgehead atoms. The van der Waals surface area contributed by atoms with Crippen LogP contribution in [0.25, 0.3) is 0 Å². The van der Waals surface area contributed by atoms with Crippen molar-refractivity contribution in [2.24, 2.45) is 16.9 Å². The van der Waals surface area contributed by atoms with Crippen molar-refractivity contribution in [3.8, 4) is 11.5 Å². The lowest BCUT2D eigenvalue weighted by Gasteiger charge is -2.37. The molecule has 2 atom stereocenters. The molecule has 0 N–H and O–H groups in total. The second-order valence-corrected chi connectivity index (χ2v) is 8.66. The van der Waals surface area contributed by atoms with Crippen LogP contribution in [-0.4, -0.2) is 49.8 Å². The minimum absolute atomic E-state index is 0.0734. The normalized spacial score (nSPS) is 20.2. The van der Waals surface area contributed by atoms with E-state index in [1.807, 2.05) is 18.2 Å². The van der Waals surface area contributed by atoms with Gasteiger partial charge in [-0.15, -0.1) is 0 Å². The Morgan fingerprint density at radius 2 is 1.59 bits per heavy atom. The van der Waals surface area contributed by atoms with Gasteiger partial charge in [0.15, 0.2) is 11.5 Å². The van der Waals surface area contributed by atoms with Crippen molar-refractivity contribution < 1.29 is 14.3 Å². The van der Waals surface area contributed by atoms with E-state index in [0.717, 1.165) is 36.2 Å². The zero-order valence-corrected chi connectivity index (χ0v) is 19.2. The van der Waals surface area contributed by atoms with Crippen LogP contribution in [0.4, 0.5) is 0 Å². The number of allylic oxidation sites excluding steroid dienone is 2. The number of carbonyl (C=O) groups excluding carboxylic acids is 1. The summed E-state index contributed by atoms with van der Waals surface area (Å²) in [7, 11) is 7.37. The number of benzene rings is 2. The largest absolute Gasteiger partial charge is 0.493 e. The fourth-order valence-electron chi connectivity index (χ4n) is 4.50. The van der Waals surface area contributed by atoms with Gasteiger partial charge in [0, 0.05) is 18.0 Å². The van der Waals surface area contributed by atoms with Crippen LogP contribution in [0.5, 0.6) is 11.5 Å². The number of hydrogen-bond acceptors (Lipinski definition) is 5. The predicted octanol–water partition coefficient (Wildman–Crippen LogP) is 4.09. The Labute approximate surface area is 190 Å². The molecule has 0 fully saturated rings. The Bertz CT molecular complexity index is 1030. The molecule has 1 amide bonds. The molecule has 1 aliphatic carbocycles. The molecule has 0 saturated heterocycles. The van der Waals surface area contributed by atoms with Gasteiger partial charge in [-0.3, -0.25) is 4.79 Å². The van der Waals surface area contributed by atoms with E-state index in [9.17, 15) is 4.79 Å². The van der Waals surface area contributed by atoms with E-state index in [1.165, 1.54) is 5.56 Å². The first-order valence-corrected chi connectivity index (χ1v) is 11.0. The number of ether oxygens (including phenoxy) is 2. The lowest BCUT2D eigenvalue weighted by atomic mass is 9.76. The van der Waals surface area contributed by atoms with Crippen molar-refractivity contribution in [2.45, 2.75) is 25.9 Å². The number of nitrogens with zero attached hydrogens (tertiary/aromatic N) is 3. The molecular formula is C26H31N3O3. The number of carbonyl (C=O) groups is 1. The Balaban J connectivity index is 1.66. The Hall–Kier alpha value is -3.12. The summed E-state index contributed by atoms with van der Waals surface area (Å²) in [4.78, 5) is 15.4. The summed E-state index contributed by atoms with van der Waals surface area (Å²) >= 11 is 0. The first kappa shape index (κ1) is 22.1. The van der Waals surface area contributed by atoms with E-state index in [4.69, 9.17) is 14.6 Å². The third-order valence-electron chi connectivity index (χ3n) is 6.12. The lowest BCUT2D eigenvalue weighted by molar-refractivity contribution is -0.138. The van der Waals surface area contributed by atoms with Gasteiger partial charge in [0.1, 0.15) is 0 Å². The molecule has 2 aromatic rings. The standard InChI is InChI=1S/C26H31N3O3/c1-28(2)16-18-9-11-19(12-10-18)17-29-26(30)22-8-6-5-7-21(22)25(27-29)20-13-14-23(31-3)24(15-20)32-4/h5-6,9-15,21-22H,7-8,16-17H2,1-4H3/t21-,22+/m1/s1. The van der Waals surface area contributed by atoms with Gasteiger partial charge in [-0.1, -0.05) is 36.4 Å². The minimum Gasteiger partial charge on any atom is -0.493 e. The molecule has 2 aromatic carbocycles. The Morgan fingerprint density at radius 3 is 2.25 bits per heavy atom. The first-order valence-electron chi connectivity index (χ1n) is 11.0. The molecule has 0 saturated carbocycles. The van der Waals surface area contributed by atoms with Gasteiger partial charge >= 0.3 is 0 Å². The number of hydrogen-bond donors (Lipinski definition) is 0. The summed E-state index contributed by atoms with van der Waals surface area (Å²) in [5, 5.41) is 6.52. The van der Waals surface area contributed by atoms with Gasteiger partial charge in [-0.25, -0.2) is 5.01 Å². The number of rotatable bonds is 7. The molecule has 6 nitrogen and oxygen atoms in total. The van der Waals surface area contributed by atoms with Crippen LogP contribution < -0.4 is 9.47 Å². The molecule has 32 heavy (non-hydrogen) atoms. The number of amides is 1. The van der Waals surface area contributed by atoms with E-state index >= 15 is 0 Å². The van der Waals surface area contributed by atoms with Crippen LogP contribution in [0.2, 0.25) is 0 Å². The van der Waals surface area contributed by atoms with Gasteiger partial charge in [-0.05, 0) is 56.3 Å². The molecule has 0 unspecified atom stereocenters.